The molecule has 1 aliphatic heterocycles. The summed E-state index contributed by atoms with van der Waals surface area (Å²) < 4.78 is 0. The lowest BCUT2D eigenvalue weighted by Crippen LogP contribution is -2.44. The first-order chi connectivity index (χ1) is 8.50. The molecule has 1 fully saturated rings. The van der Waals surface area contributed by atoms with E-state index in [-0.39, 0.29) is 17.2 Å². The van der Waals surface area contributed by atoms with E-state index in [1.165, 1.54) is 11.8 Å². The number of hydrogen-bond donors (Lipinski definition) is 3. The van der Waals surface area contributed by atoms with Crippen LogP contribution in [-0.4, -0.2) is 49.5 Å². The number of carbonyl (C=O) groups is 2. The Labute approximate surface area is 104 Å². The summed E-state index contributed by atoms with van der Waals surface area (Å²) in [5.74, 6) is -1.34. The summed E-state index contributed by atoms with van der Waals surface area (Å²) in [7, 11) is 0. The average Bonchev–Trinajstić information content (AvgIpc) is 2.77. The first-order valence-electron chi connectivity index (χ1n) is 4.94. The first-order valence-corrected chi connectivity index (χ1v) is 6.09. The molecule has 0 aromatic carbocycles. The normalized spacial score (nSPS) is 18.9. The van der Waals surface area contributed by atoms with Gasteiger partial charge in [0.25, 0.3) is 11.5 Å². The van der Waals surface area contributed by atoms with E-state index in [9.17, 15) is 19.2 Å². The molecule has 18 heavy (non-hydrogen) atoms. The summed E-state index contributed by atoms with van der Waals surface area (Å²) in [4.78, 5) is 50.4. The number of carboxylic acids is 1. The minimum atomic E-state index is -1.12. The number of aromatic amines is 2. The molecule has 1 aliphatic rings. The molecule has 3 N–H and O–H groups in total. The van der Waals surface area contributed by atoms with Gasteiger partial charge < -0.3 is 15.0 Å². The average molecular weight is 271 g/mol. The molecular weight excluding hydrogens is 262 g/mol. The van der Waals surface area contributed by atoms with Crippen LogP contribution in [0.25, 0.3) is 0 Å². The highest BCUT2D eigenvalue weighted by molar-refractivity contribution is 7.99. The molecule has 1 atom stereocenters. The molecule has 2 rings (SSSR count). The molecule has 0 saturated carbocycles. The van der Waals surface area contributed by atoms with Crippen LogP contribution in [-0.2, 0) is 4.79 Å². The van der Waals surface area contributed by atoms with Crippen LogP contribution in [0.15, 0.2) is 15.8 Å². The number of hydrogen-bond acceptors (Lipinski definition) is 5. The third kappa shape index (κ3) is 2.16. The second kappa shape index (κ2) is 4.69. The number of aliphatic carboxylic acids is 1. The van der Waals surface area contributed by atoms with Crippen LogP contribution in [0.5, 0.6) is 0 Å². The molecule has 1 aromatic rings. The lowest BCUT2D eigenvalue weighted by molar-refractivity contribution is -0.140. The molecule has 1 aromatic heterocycles. The van der Waals surface area contributed by atoms with Crippen molar-refractivity contribution in [1.29, 1.82) is 0 Å². The van der Waals surface area contributed by atoms with Crippen molar-refractivity contribution in [3.8, 4) is 0 Å². The molecule has 96 valence electrons. The van der Waals surface area contributed by atoms with E-state index in [2.05, 4.69) is 4.98 Å². The van der Waals surface area contributed by atoms with Crippen molar-refractivity contribution < 1.29 is 14.7 Å². The fourth-order valence-corrected chi connectivity index (χ4v) is 2.72. The van der Waals surface area contributed by atoms with Crippen LogP contribution in [0.4, 0.5) is 0 Å². The number of amides is 1. The van der Waals surface area contributed by atoms with E-state index in [1.54, 1.807) is 0 Å². The quantitative estimate of drug-likeness (QED) is 0.612. The molecule has 0 bridgehead atoms. The lowest BCUT2D eigenvalue weighted by Gasteiger charge is -2.19. The van der Waals surface area contributed by atoms with Gasteiger partial charge in [-0.15, -0.1) is 11.8 Å². The van der Waals surface area contributed by atoms with Crippen molar-refractivity contribution in [2.24, 2.45) is 0 Å². The Balaban J connectivity index is 2.34. The summed E-state index contributed by atoms with van der Waals surface area (Å²) in [5.41, 5.74) is -1.82. The van der Waals surface area contributed by atoms with Crippen LogP contribution in [0.2, 0.25) is 0 Å². The molecular formula is C9H9N3O5S. The van der Waals surface area contributed by atoms with Crippen LogP contribution in [0.3, 0.4) is 0 Å². The molecule has 9 heteroatoms. The zero-order valence-electron chi connectivity index (χ0n) is 9.00. The highest BCUT2D eigenvalue weighted by atomic mass is 32.2. The van der Waals surface area contributed by atoms with Gasteiger partial charge in [-0.3, -0.25) is 14.6 Å². The van der Waals surface area contributed by atoms with E-state index in [0.29, 0.717) is 0 Å². The maximum Gasteiger partial charge on any atom is 0.327 e. The van der Waals surface area contributed by atoms with Gasteiger partial charge in [0.05, 0.1) is 5.88 Å². The predicted molar refractivity (Wildman–Crippen MR) is 62.6 cm³/mol. The Kier molecular flexibility index (Phi) is 3.24. The smallest absolute Gasteiger partial charge is 0.327 e. The maximum absolute atomic E-state index is 12.0. The Morgan fingerprint density at radius 2 is 2.17 bits per heavy atom. The minimum Gasteiger partial charge on any atom is -0.480 e. The number of H-pyrrole nitrogens is 2. The number of rotatable bonds is 2. The lowest BCUT2D eigenvalue weighted by atomic mass is 10.2. The monoisotopic (exact) mass is 271 g/mol. The first kappa shape index (κ1) is 12.4. The van der Waals surface area contributed by atoms with E-state index < -0.39 is 29.2 Å². The number of carbonyl (C=O) groups excluding carboxylic acids is 1. The molecule has 8 nitrogen and oxygen atoms in total. The summed E-state index contributed by atoms with van der Waals surface area (Å²) in [6.45, 7) is 0. The van der Waals surface area contributed by atoms with Crippen molar-refractivity contribution in [3.05, 3.63) is 32.6 Å². The van der Waals surface area contributed by atoms with Gasteiger partial charge in [0.15, 0.2) is 0 Å². The van der Waals surface area contributed by atoms with Gasteiger partial charge in [-0.25, -0.2) is 9.59 Å². The largest absolute Gasteiger partial charge is 0.480 e. The summed E-state index contributed by atoms with van der Waals surface area (Å²) in [6, 6.07) is -0.950. The fourth-order valence-electron chi connectivity index (χ4n) is 1.57. The zero-order valence-corrected chi connectivity index (χ0v) is 9.82. The van der Waals surface area contributed by atoms with Gasteiger partial charge in [0.1, 0.15) is 11.6 Å². The van der Waals surface area contributed by atoms with Gasteiger partial charge >= 0.3 is 11.7 Å². The third-order valence-electron chi connectivity index (χ3n) is 2.48. The van der Waals surface area contributed by atoms with Crippen LogP contribution >= 0.6 is 11.8 Å². The Morgan fingerprint density at radius 1 is 1.44 bits per heavy atom. The van der Waals surface area contributed by atoms with Gasteiger partial charge in [-0.05, 0) is 0 Å². The van der Waals surface area contributed by atoms with Gasteiger partial charge in [0.2, 0.25) is 0 Å². The standard InChI is InChI=1S/C9H9N3O5S/c13-6-4(1-10-9(17)11-6)7(14)12-3-18-2-5(12)8(15)16/h1,5H,2-3H2,(H,15,16)(H2,10,11,13,17)/t5-/m0/s1. The van der Waals surface area contributed by atoms with E-state index in [4.69, 9.17) is 5.11 Å². The Bertz CT molecular complexity index is 607. The summed E-state index contributed by atoms with van der Waals surface area (Å²) >= 11 is 1.29. The maximum atomic E-state index is 12.0. The second-order valence-corrected chi connectivity index (χ2v) is 4.61. The minimum absolute atomic E-state index is 0.203. The third-order valence-corrected chi connectivity index (χ3v) is 3.49. The van der Waals surface area contributed by atoms with E-state index in [0.717, 1.165) is 11.1 Å². The second-order valence-electron chi connectivity index (χ2n) is 3.61. The molecule has 2 heterocycles. The fraction of sp³-hybridized carbons (Fsp3) is 0.333. The molecule has 0 radical (unpaired) electrons. The zero-order chi connectivity index (χ0) is 13.3. The molecule has 1 saturated heterocycles. The number of carboxylic acid groups (broad SMARTS) is 1. The van der Waals surface area contributed by atoms with Gasteiger partial charge in [-0.2, -0.15) is 0 Å². The number of aromatic nitrogens is 2. The van der Waals surface area contributed by atoms with Gasteiger partial charge in [-0.1, -0.05) is 0 Å². The highest BCUT2D eigenvalue weighted by Crippen LogP contribution is 2.22. The highest BCUT2D eigenvalue weighted by Gasteiger charge is 2.35. The van der Waals surface area contributed by atoms with Gasteiger partial charge in [0, 0.05) is 11.9 Å². The molecule has 0 spiro atoms. The number of nitrogens with zero attached hydrogens (tertiary/aromatic N) is 1. The van der Waals surface area contributed by atoms with E-state index >= 15 is 0 Å². The van der Waals surface area contributed by atoms with Crippen molar-refractivity contribution >= 4 is 23.6 Å². The van der Waals surface area contributed by atoms with Crippen LogP contribution < -0.4 is 11.2 Å². The van der Waals surface area contributed by atoms with Crippen molar-refractivity contribution in [3.63, 3.8) is 0 Å². The van der Waals surface area contributed by atoms with Crippen LogP contribution in [0, 0.1) is 0 Å². The van der Waals surface area contributed by atoms with Crippen molar-refractivity contribution in [2.45, 2.75) is 6.04 Å². The van der Waals surface area contributed by atoms with E-state index in [1.807, 2.05) is 4.98 Å². The SMILES string of the molecule is O=C(O)[C@@H]1CSCN1C(=O)c1c[nH]c(=O)[nH]c1=O. The molecule has 0 unspecified atom stereocenters. The Hall–Kier alpha value is -2.03. The van der Waals surface area contributed by atoms with Crippen molar-refractivity contribution in [1.82, 2.24) is 14.9 Å². The number of thioether (sulfide) groups is 1. The topological polar surface area (TPSA) is 123 Å². The summed E-state index contributed by atoms with van der Waals surface area (Å²) in [5, 5.41) is 8.94. The Morgan fingerprint density at radius 3 is 2.78 bits per heavy atom. The molecule has 0 aliphatic carbocycles. The van der Waals surface area contributed by atoms with Crippen molar-refractivity contribution in [2.75, 3.05) is 11.6 Å². The van der Waals surface area contributed by atoms with Crippen LogP contribution in [0.1, 0.15) is 10.4 Å². The summed E-state index contributed by atoms with van der Waals surface area (Å²) in [6.07, 6.45) is 0.991. The predicted octanol–water partition coefficient (Wildman–Crippen LogP) is -1.34. The number of nitrogens with one attached hydrogen (secondary N) is 2. The molecule has 1 amide bonds.